The molecule has 0 aliphatic heterocycles. The molecule has 0 bridgehead atoms. The first kappa shape index (κ1) is 10.2. The van der Waals surface area contributed by atoms with Crippen LogP contribution >= 0.6 is 15.9 Å². The number of carboxylic acids is 1. The third-order valence-electron chi connectivity index (χ3n) is 1.75. The Morgan fingerprint density at radius 2 is 2.23 bits per heavy atom. The van der Waals surface area contributed by atoms with Crippen molar-refractivity contribution in [2.75, 3.05) is 0 Å². The Labute approximate surface area is 84.7 Å². The second kappa shape index (κ2) is 3.89. The smallest absolute Gasteiger partial charge is 0.336 e. The summed E-state index contributed by atoms with van der Waals surface area (Å²) in [5.74, 6) is -0.942. The summed E-state index contributed by atoms with van der Waals surface area (Å²) in [7, 11) is 0. The molecule has 0 amide bonds. The van der Waals surface area contributed by atoms with Crippen LogP contribution in [0.25, 0.3) is 0 Å². The van der Waals surface area contributed by atoms with Gasteiger partial charge in [0.15, 0.2) is 0 Å². The van der Waals surface area contributed by atoms with Gasteiger partial charge < -0.3 is 10.8 Å². The van der Waals surface area contributed by atoms with Crippen LogP contribution in [-0.4, -0.2) is 11.1 Å². The van der Waals surface area contributed by atoms with Gasteiger partial charge in [-0.25, -0.2) is 4.79 Å². The molecule has 0 spiro atoms. The van der Waals surface area contributed by atoms with E-state index in [2.05, 4.69) is 15.9 Å². The molecule has 3 N–H and O–H groups in total. The fourth-order valence-electron chi connectivity index (χ4n) is 0.988. The molecule has 13 heavy (non-hydrogen) atoms. The molecule has 0 saturated heterocycles. The Kier molecular flexibility index (Phi) is 3.06. The maximum atomic E-state index is 10.6. The van der Waals surface area contributed by atoms with Gasteiger partial charge in [-0.05, 0) is 40.5 Å². The maximum Gasteiger partial charge on any atom is 0.336 e. The predicted molar refractivity (Wildman–Crippen MR) is 53.7 cm³/mol. The minimum atomic E-state index is -0.942. The van der Waals surface area contributed by atoms with E-state index in [0.29, 0.717) is 4.47 Å². The molecule has 1 aromatic carbocycles. The minimum Gasteiger partial charge on any atom is -0.478 e. The van der Waals surface area contributed by atoms with Crippen LogP contribution in [0.5, 0.6) is 0 Å². The van der Waals surface area contributed by atoms with E-state index in [0.717, 1.165) is 5.56 Å². The molecule has 70 valence electrons. The monoisotopic (exact) mass is 243 g/mol. The zero-order chi connectivity index (χ0) is 10.0. The second-order valence-corrected chi connectivity index (χ2v) is 3.69. The van der Waals surface area contributed by atoms with E-state index in [4.69, 9.17) is 10.8 Å². The highest BCUT2D eigenvalue weighted by Gasteiger charge is 2.09. The topological polar surface area (TPSA) is 63.3 Å². The van der Waals surface area contributed by atoms with Crippen molar-refractivity contribution in [3.63, 3.8) is 0 Å². The number of nitrogens with two attached hydrogens (primary N) is 1. The average Bonchev–Trinajstić information content (AvgIpc) is 2.03. The number of hydrogen-bond donors (Lipinski definition) is 2. The molecule has 4 heteroatoms. The number of hydrogen-bond acceptors (Lipinski definition) is 2. The van der Waals surface area contributed by atoms with Gasteiger partial charge >= 0.3 is 5.97 Å². The highest BCUT2D eigenvalue weighted by Crippen LogP contribution is 2.21. The molecule has 3 nitrogen and oxygen atoms in total. The molecule has 0 saturated carbocycles. The van der Waals surface area contributed by atoms with Gasteiger partial charge in [-0.3, -0.25) is 0 Å². The minimum absolute atomic E-state index is 0.0841. The molecule has 1 atom stereocenters. The summed E-state index contributed by atoms with van der Waals surface area (Å²) in [6, 6.07) is 4.91. The second-order valence-electron chi connectivity index (χ2n) is 2.83. The zero-order valence-electron chi connectivity index (χ0n) is 7.12. The summed E-state index contributed by atoms with van der Waals surface area (Å²) in [6.45, 7) is 1.85. The van der Waals surface area contributed by atoms with Gasteiger partial charge in [0, 0.05) is 10.5 Å². The van der Waals surface area contributed by atoms with Crippen molar-refractivity contribution in [3.05, 3.63) is 33.8 Å². The molecular weight excluding hydrogens is 234 g/mol. The summed E-state index contributed by atoms with van der Waals surface area (Å²) < 4.78 is 0.565. The van der Waals surface area contributed by atoms with Crippen LogP contribution in [0.1, 0.15) is 28.9 Å². The van der Waals surface area contributed by atoms with Crippen LogP contribution in [0.4, 0.5) is 0 Å². The summed E-state index contributed by atoms with van der Waals surface area (Å²) in [6.07, 6.45) is 0. The first-order valence-corrected chi connectivity index (χ1v) is 4.60. The van der Waals surface area contributed by atoms with Gasteiger partial charge in [0.1, 0.15) is 0 Å². The third-order valence-corrected chi connectivity index (χ3v) is 2.41. The normalized spacial score (nSPS) is 12.5. The van der Waals surface area contributed by atoms with Crippen molar-refractivity contribution < 1.29 is 9.90 Å². The molecule has 0 aromatic heterocycles. The molecule has 1 unspecified atom stereocenters. The number of aromatic carboxylic acids is 1. The van der Waals surface area contributed by atoms with Gasteiger partial charge in [-0.15, -0.1) is 0 Å². The number of rotatable bonds is 2. The van der Waals surface area contributed by atoms with Crippen LogP contribution < -0.4 is 5.73 Å². The molecular formula is C9H10BrNO2. The van der Waals surface area contributed by atoms with Crippen molar-refractivity contribution in [1.82, 2.24) is 0 Å². The van der Waals surface area contributed by atoms with Crippen LogP contribution in [0.2, 0.25) is 0 Å². The van der Waals surface area contributed by atoms with E-state index in [1.165, 1.54) is 0 Å². The SMILES string of the molecule is CC(N)c1ccc(C(=O)O)c(Br)c1. The summed E-state index contributed by atoms with van der Waals surface area (Å²) >= 11 is 3.18. The van der Waals surface area contributed by atoms with Crippen LogP contribution in [0.15, 0.2) is 22.7 Å². The Hall–Kier alpha value is -0.870. The van der Waals surface area contributed by atoms with Crippen molar-refractivity contribution in [2.24, 2.45) is 5.73 Å². The van der Waals surface area contributed by atoms with Crippen LogP contribution in [0, 0.1) is 0 Å². The zero-order valence-corrected chi connectivity index (χ0v) is 8.71. The Balaban J connectivity index is 3.13. The highest BCUT2D eigenvalue weighted by atomic mass is 79.9. The number of halogens is 1. The fourth-order valence-corrected chi connectivity index (χ4v) is 1.55. The van der Waals surface area contributed by atoms with Gasteiger partial charge in [0.2, 0.25) is 0 Å². The first-order chi connectivity index (χ1) is 6.02. The Morgan fingerprint density at radius 1 is 1.62 bits per heavy atom. The third kappa shape index (κ3) is 2.29. The lowest BCUT2D eigenvalue weighted by molar-refractivity contribution is 0.0696. The Morgan fingerprint density at radius 3 is 2.62 bits per heavy atom. The van der Waals surface area contributed by atoms with Crippen LogP contribution in [-0.2, 0) is 0 Å². The molecule has 0 heterocycles. The molecule has 1 aromatic rings. The Bertz CT molecular complexity index is 336. The van der Waals surface area contributed by atoms with Crippen molar-refractivity contribution in [3.8, 4) is 0 Å². The van der Waals surface area contributed by atoms with E-state index in [-0.39, 0.29) is 11.6 Å². The molecule has 0 fully saturated rings. The lowest BCUT2D eigenvalue weighted by Gasteiger charge is -2.07. The first-order valence-electron chi connectivity index (χ1n) is 3.80. The fraction of sp³-hybridized carbons (Fsp3) is 0.222. The lowest BCUT2D eigenvalue weighted by atomic mass is 10.1. The van der Waals surface area contributed by atoms with E-state index in [1.54, 1.807) is 18.2 Å². The van der Waals surface area contributed by atoms with Gasteiger partial charge in [0.05, 0.1) is 5.56 Å². The maximum absolute atomic E-state index is 10.6. The molecule has 1 rings (SSSR count). The van der Waals surface area contributed by atoms with Crippen molar-refractivity contribution in [2.45, 2.75) is 13.0 Å². The van der Waals surface area contributed by atoms with E-state index in [1.807, 2.05) is 6.92 Å². The molecule has 0 aliphatic rings. The van der Waals surface area contributed by atoms with E-state index in [9.17, 15) is 4.79 Å². The number of carboxylic acid groups (broad SMARTS) is 1. The quantitative estimate of drug-likeness (QED) is 0.837. The lowest BCUT2D eigenvalue weighted by Crippen LogP contribution is -2.06. The largest absolute Gasteiger partial charge is 0.478 e. The number of carbonyl (C=O) groups is 1. The summed E-state index contributed by atoms with van der Waals surface area (Å²) in [5, 5.41) is 8.73. The van der Waals surface area contributed by atoms with E-state index >= 15 is 0 Å². The van der Waals surface area contributed by atoms with Gasteiger partial charge in [-0.1, -0.05) is 6.07 Å². The standard InChI is InChI=1S/C9H10BrNO2/c1-5(11)6-2-3-7(9(12)13)8(10)4-6/h2-5H,11H2,1H3,(H,12,13). The van der Waals surface area contributed by atoms with Crippen LogP contribution in [0.3, 0.4) is 0 Å². The van der Waals surface area contributed by atoms with E-state index < -0.39 is 5.97 Å². The predicted octanol–water partition coefficient (Wildman–Crippen LogP) is 2.17. The van der Waals surface area contributed by atoms with Gasteiger partial charge in [0.25, 0.3) is 0 Å². The molecule has 0 aliphatic carbocycles. The highest BCUT2D eigenvalue weighted by molar-refractivity contribution is 9.10. The average molecular weight is 244 g/mol. The number of benzene rings is 1. The summed E-state index contributed by atoms with van der Waals surface area (Å²) in [4.78, 5) is 10.6. The van der Waals surface area contributed by atoms with Crippen molar-refractivity contribution in [1.29, 1.82) is 0 Å². The van der Waals surface area contributed by atoms with Crippen molar-refractivity contribution >= 4 is 21.9 Å². The molecule has 0 radical (unpaired) electrons. The van der Waals surface area contributed by atoms with Gasteiger partial charge in [-0.2, -0.15) is 0 Å². The summed E-state index contributed by atoms with van der Waals surface area (Å²) in [5.41, 5.74) is 6.81.